The van der Waals surface area contributed by atoms with E-state index in [0.29, 0.717) is 18.2 Å². The third-order valence-electron chi connectivity index (χ3n) is 3.37. The topological polar surface area (TPSA) is 91.3 Å². The number of hydrogen-bond acceptors (Lipinski definition) is 5. The molecule has 20 heavy (non-hydrogen) atoms. The highest BCUT2D eigenvalue weighted by molar-refractivity contribution is 7.35. The van der Waals surface area contributed by atoms with E-state index in [1.165, 1.54) is 6.07 Å². The summed E-state index contributed by atoms with van der Waals surface area (Å²) in [7, 11) is -1.45. The third-order valence-corrected chi connectivity index (χ3v) is 4.18. The minimum atomic E-state index is -1.45. The van der Waals surface area contributed by atoms with E-state index in [-0.39, 0.29) is 22.2 Å². The van der Waals surface area contributed by atoms with Crippen LogP contribution in [0.1, 0.15) is 30.5 Å². The Bertz CT molecular complexity index is 802. The van der Waals surface area contributed by atoms with Crippen molar-refractivity contribution in [2.24, 2.45) is 0 Å². The lowest BCUT2D eigenvalue weighted by Gasteiger charge is -2.13. The van der Waals surface area contributed by atoms with Crippen LogP contribution in [0.25, 0.3) is 11.0 Å². The monoisotopic (exact) mass is 291 g/mol. The van der Waals surface area contributed by atoms with E-state index in [1.54, 1.807) is 6.07 Å². The fourth-order valence-electron chi connectivity index (χ4n) is 2.51. The number of nitriles is 1. The molecule has 0 aliphatic carbocycles. The number of aromatic hydroxyl groups is 1. The van der Waals surface area contributed by atoms with Crippen LogP contribution in [0.15, 0.2) is 15.3 Å². The number of hydrogen-bond donors (Lipinski definition) is 1. The van der Waals surface area contributed by atoms with Crippen LogP contribution in [-0.2, 0) is 17.4 Å². The zero-order chi connectivity index (χ0) is 14.9. The van der Waals surface area contributed by atoms with E-state index in [0.717, 1.165) is 11.1 Å². The Balaban J connectivity index is 3.13. The largest absolute Gasteiger partial charge is 0.508 e. The van der Waals surface area contributed by atoms with Gasteiger partial charge in [0, 0.05) is 16.8 Å². The molecule has 1 heterocycles. The van der Waals surface area contributed by atoms with Crippen molar-refractivity contribution in [1.29, 1.82) is 5.26 Å². The highest BCUT2D eigenvalue weighted by atomic mass is 31.1. The van der Waals surface area contributed by atoms with Crippen molar-refractivity contribution in [2.45, 2.75) is 26.7 Å². The van der Waals surface area contributed by atoms with Crippen molar-refractivity contribution in [3.63, 3.8) is 0 Å². The second-order valence-corrected chi connectivity index (χ2v) is 5.15. The molecule has 0 bridgehead atoms. The van der Waals surface area contributed by atoms with Crippen molar-refractivity contribution in [3.8, 4) is 11.8 Å². The van der Waals surface area contributed by atoms with Crippen molar-refractivity contribution in [3.05, 3.63) is 33.2 Å². The first-order chi connectivity index (χ1) is 9.58. The Morgan fingerprint density at radius 1 is 1.35 bits per heavy atom. The smallest absolute Gasteiger partial charge is 0.355 e. The molecule has 2 rings (SSSR count). The van der Waals surface area contributed by atoms with E-state index in [2.05, 4.69) is 0 Å². The molecule has 0 radical (unpaired) electrons. The van der Waals surface area contributed by atoms with Crippen LogP contribution in [0.2, 0.25) is 0 Å². The Labute approximate surface area is 116 Å². The Morgan fingerprint density at radius 3 is 2.50 bits per heavy atom. The number of nitrogens with zero attached hydrogens (tertiary/aromatic N) is 1. The van der Waals surface area contributed by atoms with Crippen LogP contribution in [0.5, 0.6) is 5.75 Å². The van der Waals surface area contributed by atoms with Crippen LogP contribution < -0.4 is 10.9 Å². The van der Waals surface area contributed by atoms with Gasteiger partial charge in [-0.1, -0.05) is 13.8 Å². The summed E-state index contributed by atoms with van der Waals surface area (Å²) in [4.78, 5) is 11.7. The summed E-state index contributed by atoms with van der Waals surface area (Å²) in [5, 5.41) is 19.8. The number of benzene rings is 1. The number of phenols is 1. The first-order valence-corrected chi connectivity index (χ1v) is 7.33. The Hall–Kier alpha value is -2.05. The Kier molecular flexibility index (Phi) is 3.96. The predicted molar refractivity (Wildman–Crippen MR) is 77.7 cm³/mol. The highest BCUT2D eigenvalue weighted by Gasteiger charge is 2.19. The number of fused-ring (bicyclic) bond motifs is 1. The van der Waals surface area contributed by atoms with Crippen LogP contribution in [0.4, 0.5) is 0 Å². The van der Waals surface area contributed by atoms with Gasteiger partial charge in [0.05, 0.1) is 8.46 Å². The minimum absolute atomic E-state index is 0.0524. The average Bonchev–Trinajstić information content (AvgIpc) is 2.44. The first kappa shape index (κ1) is 14.4. The normalized spacial score (nSPS) is 11.2. The van der Waals surface area contributed by atoms with Gasteiger partial charge in [-0.15, -0.1) is 0 Å². The van der Waals surface area contributed by atoms with Gasteiger partial charge >= 0.3 is 5.63 Å². The molecule has 5 nitrogen and oxygen atoms in total. The molecule has 1 unspecified atom stereocenters. The fourth-order valence-corrected chi connectivity index (χ4v) is 3.24. The lowest BCUT2D eigenvalue weighted by molar-refractivity contribution is 0.465. The molecule has 6 heteroatoms. The molecule has 1 aromatic carbocycles. The standard InChI is InChI=1S/C14H14NO4P/c1-3-7-8(4-2)12-11(5-10(7)16)19-14(17)9(6-15)13(12)20-18/h5,16H,3-4,20H2,1-2H3. The second-order valence-electron chi connectivity index (χ2n) is 4.34. The van der Waals surface area contributed by atoms with E-state index in [9.17, 15) is 14.5 Å². The maximum absolute atomic E-state index is 11.7. The molecule has 2 aromatic rings. The van der Waals surface area contributed by atoms with E-state index < -0.39 is 14.1 Å². The van der Waals surface area contributed by atoms with Crippen LogP contribution in [-0.4, -0.2) is 5.11 Å². The van der Waals surface area contributed by atoms with Gasteiger partial charge in [-0.2, -0.15) is 5.26 Å². The zero-order valence-electron chi connectivity index (χ0n) is 11.2. The van der Waals surface area contributed by atoms with Crippen molar-refractivity contribution in [2.75, 3.05) is 0 Å². The van der Waals surface area contributed by atoms with Crippen molar-refractivity contribution < 1.29 is 14.1 Å². The average molecular weight is 291 g/mol. The first-order valence-electron chi connectivity index (χ1n) is 6.28. The molecule has 0 aliphatic rings. The Morgan fingerprint density at radius 2 is 2.00 bits per heavy atom. The molecule has 0 saturated carbocycles. The summed E-state index contributed by atoms with van der Waals surface area (Å²) in [6.45, 7) is 3.79. The van der Waals surface area contributed by atoms with Gasteiger partial charge in [0.25, 0.3) is 0 Å². The molecule has 104 valence electrons. The number of aryl methyl sites for hydroxylation is 1. The molecule has 0 spiro atoms. The maximum Gasteiger partial charge on any atom is 0.355 e. The summed E-state index contributed by atoms with van der Waals surface area (Å²) < 4.78 is 16.6. The highest BCUT2D eigenvalue weighted by Crippen LogP contribution is 2.31. The molecule has 0 amide bonds. The molecule has 1 N–H and O–H groups in total. The second kappa shape index (κ2) is 5.52. The quantitative estimate of drug-likeness (QED) is 0.688. The third kappa shape index (κ3) is 2.03. The predicted octanol–water partition coefficient (Wildman–Crippen LogP) is 1.88. The summed E-state index contributed by atoms with van der Waals surface area (Å²) in [5.41, 5.74) is 0.667. The summed E-state index contributed by atoms with van der Waals surface area (Å²) in [6.07, 6.45) is 1.18. The minimum Gasteiger partial charge on any atom is -0.508 e. The van der Waals surface area contributed by atoms with Gasteiger partial charge in [0.2, 0.25) is 0 Å². The summed E-state index contributed by atoms with van der Waals surface area (Å²) in [6, 6.07) is 3.12. The number of phenolic OH excluding ortho intramolecular Hbond substituents is 1. The van der Waals surface area contributed by atoms with Crippen LogP contribution in [0.3, 0.4) is 0 Å². The van der Waals surface area contributed by atoms with Gasteiger partial charge < -0.3 is 14.1 Å². The van der Waals surface area contributed by atoms with Crippen molar-refractivity contribution >= 4 is 24.7 Å². The van der Waals surface area contributed by atoms with Gasteiger partial charge in [0.15, 0.2) is 0 Å². The van der Waals surface area contributed by atoms with E-state index in [4.69, 9.17) is 9.68 Å². The van der Waals surface area contributed by atoms with Gasteiger partial charge in [0.1, 0.15) is 23.0 Å². The van der Waals surface area contributed by atoms with Crippen LogP contribution >= 0.6 is 8.46 Å². The SMILES string of the molecule is CCc1c(O)cc2oc(=O)c(C#N)c([PH2]=O)c2c1CC. The molecule has 0 fully saturated rings. The maximum atomic E-state index is 11.7. The lowest BCUT2D eigenvalue weighted by Crippen LogP contribution is -2.17. The molecule has 1 aromatic heterocycles. The lowest BCUT2D eigenvalue weighted by atomic mass is 9.96. The molecule has 1 atom stereocenters. The summed E-state index contributed by atoms with van der Waals surface area (Å²) in [5.74, 6) is 0.0524. The summed E-state index contributed by atoms with van der Waals surface area (Å²) >= 11 is 0. The van der Waals surface area contributed by atoms with Gasteiger partial charge in [-0.3, -0.25) is 0 Å². The fraction of sp³-hybridized carbons (Fsp3) is 0.286. The van der Waals surface area contributed by atoms with E-state index >= 15 is 0 Å². The van der Waals surface area contributed by atoms with E-state index in [1.807, 2.05) is 13.8 Å². The molecule has 0 saturated heterocycles. The molecular formula is C14H14NO4P. The molecule has 0 aliphatic heterocycles. The number of rotatable bonds is 3. The van der Waals surface area contributed by atoms with Crippen molar-refractivity contribution in [1.82, 2.24) is 0 Å². The molecular weight excluding hydrogens is 277 g/mol. The van der Waals surface area contributed by atoms with Gasteiger partial charge in [-0.05, 0) is 24.0 Å². The zero-order valence-corrected chi connectivity index (χ0v) is 12.3. The van der Waals surface area contributed by atoms with Gasteiger partial charge in [-0.25, -0.2) is 4.79 Å². The van der Waals surface area contributed by atoms with Crippen LogP contribution in [0, 0.1) is 11.3 Å².